The Kier molecular flexibility index (Phi) is 2.29. The van der Waals surface area contributed by atoms with E-state index in [1.807, 2.05) is 40.4 Å². The van der Waals surface area contributed by atoms with Crippen molar-refractivity contribution in [3.8, 4) is 17.6 Å². The third-order valence-corrected chi connectivity index (χ3v) is 3.51. The zero-order chi connectivity index (χ0) is 14.4. The molecule has 0 saturated heterocycles. The topological polar surface area (TPSA) is 71.8 Å². The molecule has 6 heteroatoms. The van der Waals surface area contributed by atoms with E-state index in [1.165, 1.54) is 0 Å². The monoisotopic (exact) mass is 274 g/mol. The Bertz CT molecular complexity index is 1020. The number of fused-ring (bicyclic) bond motifs is 2. The van der Waals surface area contributed by atoms with Crippen molar-refractivity contribution in [1.82, 2.24) is 24.4 Å². The lowest BCUT2D eigenvalue weighted by atomic mass is 10.2. The third kappa shape index (κ3) is 1.61. The van der Waals surface area contributed by atoms with Gasteiger partial charge in [-0.15, -0.1) is 10.2 Å². The molecule has 1 aromatic carbocycles. The fourth-order valence-electron chi connectivity index (χ4n) is 2.50. The van der Waals surface area contributed by atoms with Crippen molar-refractivity contribution in [2.75, 3.05) is 0 Å². The van der Waals surface area contributed by atoms with E-state index in [0.29, 0.717) is 17.0 Å². The van der Waals surface area contributed by atoms with Gasteiger partial charge in [0.1, 0.15) is 5.69 Å². The highest BCUT2D eigenvalue weighted by Crippen LogP contribution is 2.26. The molecule has 100 valence electrons. The van der Waals surface area contributed by atoms with Crippen molar-refractivity contribution in [3.05, 3.63) is 48.2 Å². The van der Waals surface area contributed by atoms with Crippen LogP contribution in [0.25, 0.3) is 28.1 Å². The van der Waals surface area contributed by atoms with E-state index in [4.69, 9.17) is 5.26 Å². The molecule has 0 saturated carbocycles. The molecule has 21 heavy (non-hydrogen) atoms. The summed E-state index contributed by atoms with van der Waals surface area (Å²) in [6.45, 7) is 0. The number of aryl methyl sites for hydroxylation is 1. The van der Waals surface area contributed by atoms with Gasteiger partial charge >= 0.3 is 0 Å². The SMILES string of the molecule is Cn1nc(-c2nnc3cc(C#N)ccn23)c2ccccc21. The first-order valence-corrected chi connectivity index (χ1v) is 6.45. The normalized spacial score (nSPS) is 11.0. The molecule has 6 nitrogen and oxygen atoms in total. The van der Waals surface area contributed by atoms with E-state index in [2.05, 4.69) is 21.4 Å². The lowest BCUT2D eigenvalue weighted by Gasteiger charge is -1.97. The summed E-state index contributed by atoms with van der Waals surface area (Å²) in [4.78, 5) is 0. The summed E-state index contributed by atoms with van der Waals surface area (Å²) in [5.74, 6) is 0.672. The summed E-state index contributed by atoms with van der Waals surface area (Å²) in [6.07, 6.45) is 1.80. The number of rotatable bonds is 1. The van der Waals surface area contributed by atoms with Crippen LogP contribution in [0.15, 0.2) is 42.6 Å². The number of pyridine rings is 1. The minimum Gasteiger partial charge on any atom is -0.281 e. The second-order valence-corrected chi connectivity index (χ2v) is 4.77. The predicted molar refractivity (Wildman–Crippen MR) is 77.4 cm³/mol. The number of benzene rings is 1. The Morgan fingerprint density at radius 1 is 1.14 bits per heavy atom. The van der Waals surface area contributed by atoms with Gasteiger partial charge < -0.3 is 0 Å². The third-order valence-electron chi connectivity index (χ3n) is 3.51. The van der Waals surface area contributed by atoms with Crippen LogP contribution >= 0.6 is 0 Å². The molecule has 0 amide bonds. The molecule has 0 radical (unpaired) electrons. The van der Waals surface area contributed by atoms with E-state index in [1.54, 1.807) is 18.3 Å². The van der Waals surface area contributed by atoms with Gasteiger partial charge in [-0.25, -0.2) is 0 Å². The van der Waals surface area contributed by atoms with E-state index >= 15 is 0 Å². The van der Waals surface area contributed by atoms with Crippen LogP contribution < -0.4 is 0 Å². The standard InChI is InChI=1S/C15H10N6/c1-20-12-5-3-2-4-11(12)14(19-20)15-18-17-13-8-10(9-16)6-7-21(13)15/h2-8H,1H3. The Labute approximate surface area is 119 Å². The van der Waals surface area contributed by atoms with Crippen LogP contribution in [0.4, 0.5) is 0 Å². The van der Waals surface area contributed by atoms with Crippen LogP contribution in [0, 0.1) is 11.3 Å². The fraction of sp³-hybridized carbons (Fsp3) is 0.0667. The van der Waals surface area contributed by atoms with E-state index in [0.717, 1.165) is 16.6 Å². The quantitative estimate of drug-likeness (QED) is 0.533. The molecule has 0 fully saturated rings. The molecule has 0 N–H and O–H groups in total. The van der Waals surface area contributed by atoms with Gasteiger partial charge in [0.05, 0.1) is 17.1 Å². The van der Waals surface area contributed by atoms with Gasteiger partial charge in [0.15, 0.2) is 11.5 Å². The fourth-order valence-corrected chi connectivity index (χ4v) is 2.50. The molecule has 0 aliphatic carbocycles. The minimum absolute atomic E-state index is 0.562. The molecular weight excluding hydrogens is 264 g/mol. The van der Waals surface area contributed by atoms with E-state index < -0.39 is 0 Å². The van der Waals surface area contributed by atoms with Crippen LogP contribution in [0.3, 0.4) is 0 Å². The van der Waals surface area contributed by atoms with Gasteiger partial charge in [-0.05, 0) is 12.1 Å². The lowest BCUT2D eigenvalue weighted by molar-refractivity contribution is 0.797. The highest BCUT2D eigenvalue weighted by atomic mass is 15.3. The molecule has 0 spiro atoms. The molecule has 3 heterocycles. The maximum absolute atomic E-state index is 8.94. The Hall–Kier alpha value is -3.20. The van der Waals surface area contributed by atoms with Crippen LogP contribution in [0.2, 0.25) is 0 Å². The lowest BCUT2D eigenvalue weighted by Crippen LogP contribution is -1.93. The second-order valence-electron chi connectivity index (χ2n) is 4.77. The van der Waals surface area contributed by atoms with Crippen molar-refractivity contribution >= 4 is 16.6 Å². The maximum atomic E-state index is 8.94. The minimum atomic E-state index is 0.562. The number of hydrogen-bond donors (Lipinski definition) is 0. The summed E-state index contributed by atoms with van der Waals surface area (Å²) < 4.78 is 3.67. The van der Waals surface area contributed by atoms with Crippen LogP contribution in [-0.2, 0) is 7.05 Å². The summed E-state index contributed by atoms with van der Waals surface area (Å²) in [7, 11) is 1.91. The number of nitriles is 1. The summed E-state index contributed by atoms with van der Waals surface area (Å²) in [5.41, 5.74) is 3.02. The highest BCUT2D eigenvalue weighted by Gasteiger charge is 2.16. The predicted octanol–water partition coefficient (Wildman–Crippen LogP) is 2.15. The van der Waals surface area contributed by atoms with Gasteiger partial charge in [0.2, 0.25) is 0 Å². The number of para-hydroxylation sites is 1. The van der Waals surface area contributed by atoms with Gasteiger partial charge in [-0.1, -0.05) is 18.2 Å². The molecular formula is C15H10N6. The summed E-state index contributed by atoms with van der Waals surface area (Å²) in [6, 6.07) is 13.5. The molecule has 0 unspecified atom stereocenters. The molecule has 0 bridgehead atoms. The zero-order valence-electron chi connectivity index (χ0n) is 11.2. The molecule has 0 aliphatic rings. The van der Waals surface area contributed by atoms with Crippen LogP contribution in [-0.4, -0.2) is 24.4 Å². The first-order valence-electron chi connectivity index (χ1n) is 6.45. The van der Waals surface area contributed by atoms with Crippen LogP contribution in [0.5, 0.6) is 0 Å². The van der Waals surface area contributed by atoms with Crippen molar-refractivity contribution in [3.63, 3.8) is 0 Å². The number of nitrogens with zero attached hydrogens (tertiary/aromatic N) is 6. The van der Waals surface area contributed by atoms with E-state index in [9.17, 15) is 0 Å². The highest BCUT2D eigenvalue weighted by molar-refractivity contribution is 5.91. The van der Waals surface area contributed by atoms with Gasteiger partial charge in [0, 0.05) is 24.7 Å². The molecule has 3 aromatic heterocycles. The Morgan fingerprint density at radius 2 is 2.00 bits per heavy atom. The van der Waals surface area contributed by atoms with Gasteiger partial charge in [-0.3, -0.25) is 9.08 Å². The average molecular weight is 274 g/mol. The second kappa shape index (κ2) is 4.15. The van der Waals surface area contributed by atoms with Crippen molar-refractivity contribution < 1.29 is 0 Å². The van der Waals surface area contributed by atoms with Gasteiger partial charge in [0.25, 0.3) is 0 Å². The summed E-state index contributed by atoms with van der Waals surface area (Å²) in [5, 5.41) is 22.9. The first-order chi connectivity index (χ1) is 10.3. The molecule has 0 aliphatic heterocycles. The smallest absolute Gasteiger partial charge is 0.189 e. The summed E-state index contributed by atoms with van der Waals surface area (Å²) >= 11 is 0. The number of aromatic nitrogens is 5. The molecule has 0 atom stereocenters. The molecule has 4 rings (SSSR count). The van der Waals surface area contributed by atoms with E-state index in [-0.39, 0.29) is 0 Å². The Balaban J connectivity index is 2.03. The largest absolute Gasteiger partial charge is 0.281 e. The Morgan fingerprint density at radius 3 is 2.86 bits per heavy atom. The van der Waals surface area contributed by atoms with Crippen molar-refractivity contribution in [2.45, 2.75) is 0 Å². The molecule has 4 aromatic rings. The van der Waals surface area contributed by atoms with Crippen LogP contribution in [0.1, 0.15) is 5.56 Å². The van der Waals surface area contributed by atoms with Crippen molar-refractivity contribution in [1.29, 1.82) is 5.26 Å². The number of hydrogen-bond acceptors (Lipinski definition) is 4. The maximum Gasteiger partial charge on any atom is 0.189 e. The van der Waals surface area contributed by atoms with Gasteiger partial charge in [-0.2, -0.15) is 10.4 Å². The zero-order valence-corrected chi connectivity index (χ0v) is 11.2. The first kappa shape index (κ1) is 11.6. The van der Waals surface area contributed by atoms with Crippen molar-refractivity contribution in [2.24, 2.45) is 7.05 Å². The average Bonchev–Trinajstić information content (AvgIpc) is 3.08.